The van der Waals surface area contributed by atoms with Crippen LogP contribution < -0.4 is 10.6 Å². The average Bonchev–Trinajstić information content (AvgIpc) is 2.61. The molecule has 3 aromatic carbocycles. The van der Waals surface area contributed by atoms with Crippen molar-refractivity contribution < 1.29 is 0 Å². The molecule has 0 aliphatic rings. The third kappa shape index (κ3) is 4.19. The quantitative estimate of drug-likeness (QED) is 0.637. The molecule has 2 N–H and O–H groups in total. The van der Waals surface area contributed by atoms with E-state index in [9.17, 15) is 0 Å². The Hall–Kier alpha value is -2.16. The van der Waals surface area contributed by atoms with Crippen LogP contribution in [0.15, 0.2) is 72.8 Å². The van der Waals surface area contributed by atoms with Crippen molar-refractivity contribution in [1.29, 1.82) is 0 Å². The van der Waals surface area contributed by atoms with Crippen LogP contribution in [0, 0.1) is 0 Å². The first kappa shape index (κ1) is 15.7. The summed E-state index contributed by atoms with van der Waals surface area (Å²) in [7, 11) is 0. The molecule has 0 aliphatic heterocycles. The fourth-order valence-corrected chi connectivity index (χ4v) is 2.94. The van der Waals surface area contributed by atoms with Crippen molar-refractivity contribution in [2.45, 2.75) is 19.5 Å². The lowest BCUT2D eigenvalue weighted by molar-refractivity contribution is 0.548. The lowest BCUT2D eigenvalue weighted by Crippen LogP contribution is -2.29. The summed E-state index contributed by atoms with van der Waals surface area (Å²) in [6.45, 7) is 5.07. The van der Waals surface area contributed by atoms with Gasteiger partial charge in [0.2, 0.25) is 0 Å². The van der Waals surface area contributed by atoms with Gasteiger partial charge in [-0.3, -0.25) is 0 Å². The molecule has 1 atom stereocenters. The molecule has 0 aromatic heterocycles. The van der Waals surface area contributed by atoms with E-state index < -0.39 is 0 Å². The van der Waals surface area contributed by atoms with Gasteiger partial charge in [0.1, 0.15) is 0 Å². The van der Waals surface area contributed by atoms with Crippen LogP contribution in [0.1, 0.15) is 24.1 Å². The van der Waals surface area contributed by atoms with Gasteiger partial charge in [0, 0.05) is 25.7 Å². The van der Waals surface area contributed by atoms with Crippen LogP contribution in [0.25, 0.3) is 10.8 Å². The molecule has 0 saturated heterocycles. The predicted octanol–water partition coefficient (Wildman–Crippen LogP) is 4.28. The molecule has 0 aliphatic carbocycles. The molecule has 0 saturated carbocycles. The summed E-state index contributed by atoms with van der Waals surface area (Å²) in [5, 5.41) is 9.74. The van der Waals surface area contributed by atoms with Gasteiger partial charge < -0.3 is 10.6 Å². The molecule has 0 unspecified atom stereocenters. The van der Waals surface area contributed by atoms with Crippen molar-refractivity contribution in [2.24, 2.45) is 0 Å². The third-order valence-electron chi connectivity index (χ3n) is 4.21. The van der Waals surface area contributed by atoms with Gasteiger partial charge in [-0.2, -0.15) is 0 Å². The molecular weight excluding hydrogens is 280 g/mol. The predicted molar refractivity (Wildman–Crippen MR) is 98.5 cm³/mol. The SMILES string of the molecule is C[C@H](NCCNCc1ccccc1)c1cccc2ccccc12. The third-order valence-corrected chi connectivity index (χ3v) is 4.21. The van der Waals surface area contributed by atoms with Crippen molar-refractivity contribution in [3.05, 3.63) is 83.9 Å². The maximum absolute atomic E-state index is 3.61. The van der Waals surface area contributed by atoms with Crippen molar-refractivity contribution >= 4 is 10.8 Å². The molecule has 3 aromatic rings. The maximum Gasteiger partial charge on any atom is 0.0298 e. The first-order valence-electron chi connectivity index (χ1n) is 8.30. The van der Waals surface area contributed by atoms with E-state index in [1.54, 1.807) is 0 Å². The summed E-state index contributed by atoms with van der Waals surface area (Å²) in [5.41, 5.74) is 2.70. The van der Waals surface area contributed by atoms with Gasteiger partial charge in [-0.15, -0.1) is 0 Å². The van der Waals surface area contributed by atoms with Gasteiger partial charge in [-0.05, 0) is 28.8 Å². The Balaban J connectivity index is 1.50. The molecule has 0 amide bonds. The number of fused-ring (bicyclic) bond motifs is 1. The Morgan fingerprint density at radius 1 is 0.783 bits per heavy atom. The van der Waals surface area contributed by atoms with E-state index in [1.165, 1.54) is 21.9 Å². The number of benzene rings is 3. The maximum atomic E-state index is 3.61. The highest BCUT2D eigenvalue weighted by Gasteiger charge is 2.07. The van der Waals surface area contributed by atoms with E-state index in [0.29, 0.717) is 6.04 Å². The van der Waals surface area contributed by atoms with Gasteiger partial charge in [0.15, 0.2) is 0 Å². The molecule has 0 bridgehead atoms. The molecule has 2 nitrogen and oxygen atoms in total. The second-order valence-electron chi connectivity index (χ2n) is 5.91. The van der Waals surface area contributed by atoms with Crippen LogP contribution in [-0.4, -0.2) is 13.1 Å². The average molecular weight is 304 g/mol. The molecule has 118 valence electrons. The summed E-state index contributed by atoms with van der Waals surface area (Å²) >= 11 is 0. The molecular formula is C21H24N2. The van der Waals surface area contributed by atoms with Crippen molar-refractivity contribution in [3.8, 4) is 0 Å². The highest BCUT2D eigenvalue weighted by Crippen LogP contribution is 2.23. The van der Waals surface area contributed by atoms with E-state index in [-0.39, 0.29) is 0 Å². The monoisotopic (exact) mass is 304 g/mol. The molecule has 0 spiro atoms. The number of hydrogen-bond acceptors (Lipinski definition) is 2. The zero-order valence-corrected chi connectivity index (χ0v) is 13.6. The second-order valence-corrected chi connectivity index (χ2v) is 5.91. The van der Waals surface area contributed by atoms with E-state index in [2.05, 4.69) is 90.4 Å². The fourth-order valence-electron chi connectivity index (χ4n) is 2.94. The van der Waals surface area contributed by atoms with Crippen LogP contribution in [0.3, 0.4) is 0 Å². The van der Waals surface area contributed by atoms with Crippen LogP contribution in [0.5, 0.6) is 0 Å². The Morgan fingerprint density at radius 2 is 1.52 bits per heavy atom. The summed E-state index contributed by atoms with van der Waals surface area (Å²) in [5.74, 6) is 0. The molecule has 0 heterocycles. The van der Waals surface area contributed by atoms with Gasteiger partial charge in [0.25, 0.3) is 0 Å². The summed E-state index contributed by atoms with van der Waals surface area (Å²) in [4.78, 5) is 0. The largest absolute Gasteiger partial charge is 0.311 e. The van der Waals surface area contributed by atoms with E-state index in [1.807, 2.05) is 0 Å². The van der Waals surface area contributed by atoms with Crippen LogP contribution in [-0.2, 0) is 6.54 Å². The molecule has 3 rings (SSSR count). The summed E-state index contributed by atoms with van der Waals surface area (Å²) in [6.07, 6.45) is 0. The molecule has 0 fully saturated rings. The Labute approximate surface area is 138 Å². The van der Waals surface area contributed by atoms with Gasteiger partial charge in [-0.25, -0.2) is 0 Å². The van der Waals surface area contributed by atoms with Crippen molar-refractivity contribution in [2.75, 3.05) is 13.1 Å². The van der Waals surface area contributed by atoms with Crippen LogP contribution in [0.2, 0.25) is 0 Å². The van der Waals surface area contributed by atoms with Crippen LogP contribution >= 0.6 is 0 Å². The van der Waals surface area contributed by atoms with Crippen molar-refractivity contribution in [3.63, 3.8) is 0 Å². The fraction of sp³-hybridized carbons (Fsp3) is 0.238. The second kappa shape index (κ2) is 7.91. The minimum atomic E-state index is 0.347. The summed E-state index contributed by atoms with van der Waals surface area (Å²) < 4.78 is 0. The van der Waals surface area contributed by atoms with Crippen molar-refractivity contribution in [1.82, 2.24) is 10.6 Å². The molecule has 23 heavy (non-hydrogen) atoms. The zero-order chi connectivity index (χ0) is 15.9. The number of nitrogens with one attached hydrogen (secondary N) is 2. The first-order valence-corrected chi connectivity index (χ1v) is 8.30. The highest BCUT2D eigenvalue weighted by atomic mass is 15.0. The first-order chi connectivity index (χ1) is 11.3. The number of hydrogen-bond donors (Lipinski definition) is 2. The Kier molecular flexibility index (Phi) is 5.41. The standard InChI is InChI=1S/C21H24N2/c1-17(20-13-7-11-19-10-5-6-12-21(19)20)23-15-14-22-16-18-8-3-2-4-9-18/h2-13,17,22-23H,14-16H2,1H3/t17-/m0/s1. The van der Waals surface area contributed by atoms with E-state index >= 15 is 0 Å². The van der Waals surface area contributed by atoms with Gasteiger partial charge in [0.05, 0.1) is 0 Å². The Bertz CT molecular complexity index is 732. The van der Waals surface area contributed by atoms with E-state index in [4.69, 9.17) is 0 Å². The highest BCUT2D eigenvalue weighted by molar-refractivity contribution is 5.86. The lowest BCUT2D eigenvalue weighted by atomic mass is 10.00. The summed E-state index contributed by atoms with van der Waals surface area (Å²) in [6, 6.07) is 26.0. The minimum Gasteiger partial charge on any atom is -0.311 e. The van der Waals surface area contributed by atoms with Gasteiger partial charge >= 0.3 is 0 Å². The van der Waals surface area contributed by atoms with E-state index in [0.717, 1.165) is 19.6 Å². The van der Waals surface area contributed by atoms with Crippen LogP contribution in [0.4, 0.5) is 0 Å². The molecule has 0 radical (unpaired) electrons. The number of rotatable bonds is 7. The zero-order valence-electron chi connectivity index (χ0n) is 13.6. The Morgan fingerprint density at radius 3 is 2.39 bits per heavy atom. The van der Waals surface area contributed by atoms with Gasteiger partial charge in [-0.1, -0.05) is 72.8 Å². The minimum absolute atomic E-state index is 0.347. The topological polar surface area (TPSA) is 24.1 Å². The smallest absolute Gasteiger partial charge is 0.0298 e. The lowest BCUT2D eigenvalue weighted by Gasteiger charge is -2.17. The normalized spacial score (nSPS) is 12.4. The molecule has 2 heteroatoms.